The Bertz CT molecular complexity index is 1420. The van der Waals surface area contributed by atoms with Gasteiger partial charge in [0, 0.05) is 49.8 Å². The Kier molecular flexibility index (Phi) is 12.9. The van der Waals surface area contributed by atoms with Gasteiger partial charge in [0.2, 0.25) is 0 Å². The van der Waals surface area contributed by atoms with E-state index in [0.717, 1.165) is 29.2 Å². The number of carbonyl (C=O) groups is 2. The molecule has 0 spiro atoms. The molecule has 3 rings (SSSR count). The first kappa shape index (κ1) is 33.4. The molecule has 0 aliphatic rings. The molecule has 0 aliphatic heterocycles. The number of amides is 2. The molecule has 2 amide bonds. The minimum Gasteiger partial charge on any atom is -0.390 e. The Morgan fingerprint density at radius 3 is 2.33 bits per heavy atom. The number of nitrogens with one attached hydrogen (secondary N) is 2. The molecule has 0 bridgehead atoms. The highest BCUT2D eigenvalue weighted by atomic mass is 19.1. The zero-order valence-corrected chi connectivity index (χ0v) is 25.1. The highest BCUT2D eigenvalue weighted by Crippen LogP contribution is 2.21. The van der Waals surface area contributed by atoms with E-state index < -0.39 is 23.8 Å². The summed E-state index contributed by atoms with van der Waals surface area (Å²) in [5.41, 5.74) is 3.72. The van der Waals surface area contributed by atoms with Gasteiger partial charge >= 0.3 is 0 Å². The van der Waals surface area contributed by atoms with Gasteiger partial charge in [0.1, 0.15) is 11.6 Å². The fraction of sp³-hybridized carbons (Fsp3) is 0.371. The second kappa shape index (κ2) is 16.5. The fourth-order valence-corrected chi connectivity index (χ4v) is 5.10. The van der Waals surface area contributed by atoms with Crippen LogP contribution in [0.5, 0.6) is 0 Å². The lowest BCUT2D eigenvalue weighted by Gasteiger charge is -2.35. The number of aliphatic hydroxyl groups is 1. The van der Waals surface area contributed by atoms with Crippen LogP contribution in [0.1, 0.15) is 69.7 Å². The molecule has 0 fully saturated rings. The van der Waals surface area contributed by atoms with Gasteiger partial charge in [-0.05, 0) is 78.8 Å². The first-order chi connectivity index (χ1) is 20.6. The van der Waals surface area contributed by atoms with E-state index in [1.54, 1.807) is 23.1 Å². The summed E-state index contributed by atoms with van der Waals surface area (Å²) in [5, 5.41) is 17.6. The van der Waals surface area contributed by atoms with Crippen LogP contribution in [0, 0.1) is 30.9 Å². The monoisotopic (exact) mass is 589 g/mol. The maximum absolute atomic E-state index is 14.1. The van der Waals surface area contributed by atoms with E-state index in [1.165, 1.54) is 12.1 Å². The largest absolute Gasteiger partial charge is 0.390 e. The third-order valence-electron chi connectivity index (χ3n) is 7.04. The van der Waals surface area contributed by atoms with Crippen molar-refractivity contribution in [1.29, 1.82) is 0 Å². The zero-order chi connectivity index (χ0) is 31.4. The molecule has 0 radical (unpaired) electrons. The van der Waals surface area contributed by atoms with Gasteiger partial charge < -0.3 is 20.6 Å². The van der Waals surface area contributed by atoms with Gasteiger partial charge in [-0.1, -0.05) is 38.1 Å². The molecule has 43 heavy (non-hydrogen) atoms. The maximum Gasteiger partial charge on any atom is 0.254 e. The van der Waals surface area contributed by atoms with Crippen molar-refractivity contribution in [3.8, 4) is 12.3 Å². The lowest BCUT2D eigenvalue weighted by molar-refractivity contribution is 0.0353. The number of carbonyl (C=O) groups excluding carboxylic acids is 2. The van der Waals surface area contributed by atoms with Crippen molar-refractivity contribution < 1.29 is 23.5 Å². The molecule has 3 N–H and O–H groups in total. The van der Waals surface area contributed by atoms with Crippen molar-refractivity contribution in [3.63, 3.8) is 0 Å². The van der Waals surface area contributed by atoms with E-state index in [2.05, 4.69) is 16.6 Å². The van der Waals surface area contributed by atoms with Gasteiger partial charge in [-0.2, -0.15) is 0 Å². The van der Waals surface area contributed by atoms with Crippen LogP contribution >= 0.6 is 0 Å². The molecule has 228 valence electrons. The fourth-order valence-electron chi connectivity index (χ4n) is 5.10. The molecule has 3 aromatic rings. The summed E-state index contributed by atoms with van der Waals surface area (Å²) in [6.45, 7) is 7.04. The van der Waals surface area contributed by atoms with Crippen molar-refractivity contribution in [2.45, 2.75) is 65.1 Å². The van der Waals surface area contributed by atoms with Crippen molar-refractivity contribution in [3.05, 3.63) is 106 Å². The number of hydrogen-bond acceptors (Lipinski definition) is 4. The van der Waals surface area contributed by atoms with E-state index in [-0.39, 0.29) is 31.3 Å². The highest BCUT2D eigenvalue weighted by Gasteiger charge is 2.31. The number of rotatable bonds is 15. The first-order valence-electron chi connectivity index (χ1n) is 14.7. The molecule has 8 heteroatoms. The van der Waals surface area contributed by atoms with Gasteiger partial charge in [-0.25, -0.2) is 8.78 Å². The van der Waals surface area contributed by atoms with Crippen molar-refractivity contribution in [2.75, 3.05) is 19.6 Å². The summed E-state index contributed by atoms with van der Waals surface area (Å²) in [6.07, 6.45) is 6.25. The van der Waals surface area contributed by atoms with Crippen LogP contribution < -0.4 is 10.6 Å². The Hall–Kier alpha value is -4.06. The molecular weight excluding hydrogens is 548 g/mol. The van der Waals surface area contributed by atoms with E-state index in [1.807, 2.05) is 45.0 Å². The molecule has 3 aromatic carbocycles. The van der Waals surface area contributed by atoms with Crippen molar-refractivity contribution in [2.24, 2.45) is 0 Å². The van der Waals surface area contributed by atoms with Crippen LogP contribution in [0.4, 0.5) is 8.78 Å². The topological polar surface area (TPSA) is 81.7 Å². The summed E-state index contributed by atoms with van der Waals surface area (Å²) < 4.78 is 28.3. The van der Waals surface area contributed by atoms with Gasteiger partial charge in [0.05, 0.1) is 12.1 Å². The average Bonchev–Trinajstić information content (AvgIpc) is 2.97. The molecule has 0 saturated carbocycles. The van der Waals surface area contributed by atoms with Crippen molar-refractivity contribution in [1.82, 2.24) is 15.5 Å². The predicted octanol–water partition coefficient (Wildman–Crippen LogP) is 5.20. The lowest BCUT2D eigenvalue weighted by atomic mass is 9.97. The second-order valence-corrected chi connectivity index (χ2v) is 10.8. The molecule has 0 unspecified atom stereocenters. The number of halogens is 2. The van der Waals surface area contributed by atoms with Crippen LogP contribution in [0.2, 0.25) is 0 Å². The van der Waals surface area contributed by atoms with Crippen LogP contribution in [-0.2, 0) is 19.4 Å². The smallest absolute Gasteiger partial charge is 0.254 e. The van der Waals surface area contributed by atoms with Gasteiger partial charge in [-0.15, -0.1) is 12.3 Å². The van der Waals surface area contributed by atoms with E-state index in [0.29, 0.717) is 42.6 Å². The molecule has 2 atom stereocenters. The first-order valence-corrected chi connectivity index (χ1v) is 14.7. The number of aryl methyl sites for hydroxylation is 1. The quantitative estimate of drug-likeness (QED) is 0.213. The summed E-state index contributed by atoms with van der Waals surface area (Å²) >= 11 is 0. The van der Waals surface area contributed by atoms with Crippen LogP contribution in [-0.4, -0.2) is 53.6 Å². The minimum atomic E-state index is -1.08. The maximum atomic E-state index is 14.1. The minimum absolute atomic E-state index is 0.0244. The molecular formula is C35H41F2N3O3. The van der Waals surface area contributed by atoms with E-state index >= 15 is 0 Å². The number of benzene rings is 3. The number of terminal acetylenes is 1. The van der Waals surface area contributed by atoms with Gasteiger partial charge in [0.25, 0.3) is 11.8 Å². The molecule has 6 nitrogen and oxygen atoms in total. The Balaban J connectivity index is 1.91. The average molecular weight is 590 g/mol. The summed E-state index contributed by atoms with van der Waals surface area (Å²) in [4.78, 5) is 28.3. The van der Waals surface area contributed by atoms with Crippen LogP contribution in [0.25, 0.3) is 0 Å². The second-order valence-electron chi connectivity index (χ2n) is 10.8. The Labute approximate surface area is 253 Å². The van der Waals surface area contributed by atoms with Crippen LogP contribution in [0.15, 0.2) is 60.7 Å². The third-order valence-corrected chi connectivity index (χ3v) is 7.04. The van der Waals surface area contributed by atoms with Crippen molar-refractivity contribution >= 4 is 11.8 Å². The molecule has 0 aliphatic carbocycles. The van der Waals surface area contributed by atoms with Gasteiger partial charge in [0.15, 0.2) is 0 Å². The van der Waals surface area contributed by atoms with E-state index in [9.17, 15) is 23.5 Å². The number of hydrogen-bond donors (Lipinski definition) is 3. The number of aliphatic hydroxyl groups excluding tert-OH is 1. The summed E-state index contributed by atoms with van der Waals surface area (Å²) in [6, 6.07) is 15.2. The molecule has 0 aromatic heterocycles. The van der Waals surface area contributed by atoms with E-state index in [4.69, 9.17) is 6.42 Å². The Morgan fingerprint density at radius 2 is 1.65 bits per heavy atom. The zero-order valence-electron chi connectivity index (χ0n) is 25.1. The Morgan fingerprint density at radius 1 is 0.953 bits per heavy atom. The predicted molar refractivity (Wildman–Crippen MR) is 166 cm³/mol. The van der Waals surface area contributed by atoms with Crippen LogP contribution in [0.3, 0.4) is 0 Å². The highest BCUT2D eigenvalue weighted by molar-refractivity contribution is 6.00. The standard InChI is InChI=1S/C35H41F2N3O3/c1-5-9-25-10-8-11-26(16-25)22-38-23-33(41)32(19-27-17-30(36)21-31(37)18-27)40(13-7-3)35(43)29-15-24(4)14-28(20-29)34(42)39-12-6-2/h1,8,10-11,14-18,20-21,32-33,38,41H,6-7,9,12-13,19,22-23H2,2-4H3,(H,39,42)/t32-,33+/m0/s1. The summed E-state index contributed by atoms with van der Waals surface area (Å²) in [5.74, 6) is 0.511. The third kappa shape index (κ3) is 10.0. The lowest BCUT2D eigenvalue weighted by Crippen LogP contribution is -2.51. The molecule has 0 heterocycles. The van der Waals surface area contributed by atoms with Gasteiger partial charge in [-0.3, -0.25) is 9.59 Å². The SMILES string of the molecule is C#CCc1cccc(CNC[C@@H](O)[C@H](Cc2cc(F)cc(F)c2)N(CCC)C(=O)c2cc(C)cc(C(=O)NCCC)c2)c1. The molecule has 0 saturated heterocycles. The number of nitrogens with zero attached hydrogens (tertiary/aromatic N) is 1. The summed E-state index contributed by atoms with van der Waals surface area (Å²) in [7, 11) is 0. The normalized spacial score (nSPS) is 12.3.